The number of nitrogens with zero attached hydrogens (tertiary/aromatic N) is 1. The number of thioether (sulfide) groups is 2. The molecule has 0 atom stereocenters. The summed E-state index contributed by atoms with van der Waals surface area (Å²) in [6, 6.07) is 14.7. The number of hydrogen-bond acceptors (Lipinski definition) is 4. The van der Waals surface area contributed by atoms with E-state index in [-0.39, 0.29) is 0 Å². The monoisotopic (exact) mass is 343 g/mol. The Morgan fingerprint density at radius 2 is 1.87 bits per heavy atom. The number of fused-ring (bicyclic) bond motifs is 2. The van der Waals surface area contributed by atoms with Gasteiger partial charge in [-0.3, -0.25) is 0 Å². The average molecular weight is 344 g/mol. The molecular weight excluding hydrogens is 322 g/mol. The number of ether oxygens (including phenoxy) is 1. The molecule has 23 heavy (non-hydrogen) atoms. The van der Waals surface area contributed by atoms with Crippen molar-refractivity contribution in [1.29, 1.82) is 0 Å². The van der Waals surface area contributed by atoms with Crippen molar-refractivity contribution in [2.24, 2.45) is 0 Å². The summed E-state index contributed by atoms with van der Waals surface area (Å²) in [7, 11) is 4.22. The Labute approximate surface area is 146 Å². The number of hydrogen-bond donors (Lipinski definition) is 0. The maximum atomic E-state index is 6.17. The van der Waals surface area contributed by atoms with E-state index in [9.17, 15) is 0 Å². The van der Waals surface area contributed by atoms with Crippen molar-refractivity contribution >= 4 is 34.5 Å². The predicted octanol–water partition coefficient (Wildman–Crippen LogP) is 5.31. The van der Waals surface area contributed by atoms with Crippen molar-refractivity contribution in [2.75, 3.05) is 32.6 Å². The maximum Gasteiger partial charge on any atom is 0.135 e. The van der Waals surface area contributed by atoms with E-state index in [0.717, 1.165) is 29.4 Å². The molecule has 0 N–H and O–H groups in total. The lowest BCUT2D eigenvalue weighted by molar-refractivity contribution is 0.437. The van der Waals surface area contributed by atoms with Crippen LogP contribution in [0.2, 0.25) is 0 Å². The van der Waals surface area contributed by atoms with Crippen molar-refractivity contribution in [1.82, 2.24) is 4.90 Å². The molecule has 0 amide bonds. The van der Waals surface area contributed by atoms with Crippen LogP contribution in [0.3, 0.4) is 0 Å². The van der Waals surface area contributed by atoms with Crippen molar-refractivity contribution < 1.29 is 4.74 Å². The highest BCUT2D eigenvalue weighted by Crippen LogP contribution is 2.43. The third kappa shape index (κ3) is 3.94. The van der Waals surface area contributed by atoms with Gasteiger partial charge in [0.05, 0.1) is 0 Å². The number of rotatable bonds is 5. The van der Waals surface area contributed by atoms with E-state index < -0.39 is 0 Å². The Morgan fingerprint density at radius 3 is 2.65 bits per heavy atom. The minimum Gasteiger partial charge on any atom is -0.456 e. The minimum absolute atomic E-state index is 0.925. The second-order valence-corrected chi connectivity index (χ2v) is 7.68. The second-order valence-electron chi connectivity index (χ2n) is 5.66. The summed E-state index contributed by atoms with van der Waals surface area (Å²) >= 11 is 3.66. The average Bonchev–Trinajstić information content (AvgIpc) is 2.70. The van der Waals surface area contributed by atoms with Crippen LogP contribution in [-0.2, 0) is 0 Å². The molecule has 2 aromatic carbocycles. The van der Waals surface area contributed by atoms with Gasteiger partial charge in [0.15, 0.2) is 0 Å². The maximum absolute atomic E-state index is 6.17. The summed E-state index contributed by atoms with van der Waals surface area (Å²) in [6.45, 7) is 1.06. The highest BCUT2D eigenvalue weighted by atomic mass is 32.2. The van der Waals surface area contributed by atoms with Crippen LogP contribution in [0.25, 0.3) is 11.0 Å². The van der Waals surface area contributed by atoms with E-state index in [0.29, 0.717) is 0 Å². The standard InChI is InChI=1S/C19H21NOS2/c1-20(2)10-11-23-19-12-14-6-4-5-7-17(14)21-18-9-8-15(22-3)13-16(18)19/h4-9,12-13H,10-11H2,1-3H3. The largest absolute Gasteiger partial charge is 0.456 e. The zero-order valence-electron chi connectivity index (χ0n) is 13.7. The highest BCUT2D eigenvalue weighted by Gasteiger charge is 2.17. The van der Waals surface area contributed by atoms with Crippen LogP contribution in [0, 0.1) is 0 Å². The van der Waals surface area contributed by atoms with Gasteiger partial charge in [-0.25, -0.2) is 0 Å². The fourth-order valence-corrected chi connectivity index (χ4v) is 4.05. The zero-order chi connectivity index (χ0) is 16.2. The number of para-hydroxylation sites is 1. The summed E-state index contributed by atoms with van der Waals surface area (Å²) < 4.78 is 6.17. The van der Waals surface area contributed by atoms with Crippen molar-refractivity contribution in [3.8, 4) is 11.5 Å². The summed E-state index contributed by atoms with van der Waals surface area (Å²) in [5.74, 6) is 2.93. The summed E-state index contributed by atoms with van der Waals surface area (Å²) in [5, 5.41) is 0. The number of benzene rings is 2. The van der Waals surface area contributed by atoms with Gasteiger partial charge in [-0.1, -0.05) is 18.2 Å². The van der Waals surface area contributed by atoms with Gasteiger partial charge in [-0.2, -0.15) is 0 Å². The SMILES string of the molecule is CSc1ccc2c(c1)C(SCCN(C)C)=Cc1ccccc1O2. The molecule has 0 unspecified atom stereocenters. The van der Waals surface area contributed by atoms with Crippen molar-refractivity contribution in [2.45, 2.75) is 4.90 Å². The molecule has 2 aromatic rings. The molecule has 0 spiro atoms. The van der Waals surface area contributed by atoms with Crippen LogP contribution in [0.4, 0.5) is 0 Å². The molecule has 0 aromatic heterocycles. The molecule has 1 heterocycles. The first-order valence-corrected chi connectivity index (χ1v) is 9.83. The third-order valence-corrected chi connectivity index (χ3v) is 5.43. The Morgan fingerprint density at radius 1 is 1.04 bits per heavy atom. The molecule has 0 radical (unpaired) electrons. The first kappa shape index (κ1) is 16.5. The molecule has 1 aliphatic heterocycles. The highest BCUT2D eigenvalue weighted by molar-refractivity contribution is 8.08. The van der Waals surface area contributed by atoms with Crippen molar-refractivity contribution in [3.05, 3.63) is 53.6 Å². The third-order valence-electron chi connectivity index (χ3n) is 3.67. The molecule has 3 rings (SSSR count). The van der Waals surface area contributed by atoms with Crippen LogP contribution in [0.5, 0.6) is 11.5 Å². The smallest absolute Gasteiger partial charge is 0.135 e. The molecule has 2 nitrogen and oxygen atoms in total. The normalized spacial score (nSPS) is 13.0. The quantitative estimate of drug-likeness (QED) is 0.682. The Balaban J connectivity index is 2.01. The van der Waals surface area contributed by atoms with Crippen molar-refractivity contribution in [3.63, 3.8) is 0 Å². The molecule has 0 saturated carbocycles. The van der Waals surface area contributed by atoms with E-state index in [4.69, 9.17) is 4.74 Å². The predicted molar refractivity (Wildman–Crippen MR) is 104 cm³/mol. The molecule has 4 heteroatoms. The Kier molecular flexibility index (Phi) is 5.36. The van der Waals surface area contributed by atoms with Gasteiger partial charge in [-0.15, -0.1) is 23.5 Å². The summed E-state index contributed by atoms with van der Waals surface area (Å²) in [6.07, 6.45) is 4.36. The Bertz CT molecular complexity index is 725. The van der Waals surface area contributed by atoms with E-state index >= 15 is 0 Å². The zero-order valence-corrected chi connectivity index (χ0v) is 15.3. The lowest BCUT2D eigenvalue weighted by Crippen LogP contribution is -2.14. The lowest BCUT2D eigenvalue weighted by atomic mass is 10.1. The van der Waals surface area contributed by atoms with Gasteiger partial charge >= 0.3 is 0 Å². The topological polar surface area (TPSA) is 12.5 Å². The second kappa shape index (κ2) is 7.47. The first-order valence-electron chi connectivity index (χ1n) is 7.62. The minimum atomic E-state index is 0.925. The molecule has 120 valence electrons. The van der Waals surface area contributed by atoms with Gasteiger partial charge in [0.1, 0.15) is 11.5 Å². The lowest BCUT2D eigenvalue weighted by Gasteiger charge is -2.13. The fraction of sp³-hybridized carbons (Fsp3) is 0.263. The van der Waals surface area contributed by atoms with E-state index in [1.807, 2.05) is 23.9 Å². The van der Waals surface area contributed by atoms with Crippen LogP contribution in [-0.4, -0.2) is 37.5 Å². The van der Waals surface area contributed by atoms with Gasteiger partial charge < -0.3 is 9.64 Å². The van der Waals surface area contributed by atoms with E-state index in [1.54, 1.807) is 11.8 Å². The molecule has 1 aliphatic rings. The van der Waals surface area contributed by atoms with Crippen LogP contribution in [0.1, 0.15) is 11.1 Å². The van der Waals surface area contributed by atoms with E-state index in [1.165, 1.54) is 15.4 Å². The van der Waals surface area contributed by atoms with E-state index in [2.05, 4.69) is 61.7 Å². The molecule has 0 aliphatic carbocycles. The first-order chi connectivity index (χ1) is 11.2. The molecule has 0 bridgehead atoms. The van der Waals surface area contributed by atoms with Crippen LogP contribution >= 0.6 is 23.5 Å². The summed E-state index contributed by atoms with van der Waals surface area (Å²) in [4.78, 5) is 4.76. The van der Waals surface area contributed by atoms with Gasteiger partial charge in [0.2, 0.25) is 0 Å². The Hall–Kier alpha value is -1.36. The summed E-state index contributed by atoms with van der Waals surface area (Å²) in [5.41, 5.74) is 2.33. The van der Waals surface area contributed by atoms with Crippen LogP contribution < -0.4 is 4.74 Å². The van der Waals surface area contributed by atoms with Crippen LogP contribution in [0.15, 0.2) is 47.4 Å². The molecular formula is C19H21NOS2. The fourth-order valence-electron chi connectivity index (χ4n) is 2.41. The molecule has 0 fully saturated rings. The van der Waals surface area contributed by atoms with Gasteiger partial charge in [-0.05, 0) is 50.7 Å². The van der Waals surface area contributed by atoms with Gasteiger partial charge in [0.25, 0.3) is 0 Å². The molecule has 0 saturated heterocycles. The van der Waals surface area contributed by atoms with Gasteiger partial charge in [0, 0.05) is 33.2 Å².